The van der Waals surface area contributed by atoms with Crippen molar-refractivity contribution in [2.24, 2.45) is 0 Å². The summed E-state index contributed by atoms with van der Waals surface area (Å²) in [6.45, 7) is 3.92. The van der Waals surface area contributed by atoms with Gasteiger partial charge in [-0.2, -0.15) is 0 Å². The Morgan fingerprint density at radius 3 is 2.67 bits per heavy atom. The smallest absolute Gasteiger partial charge is 0.251 e. The van der Waals surface area contributed by atoms with Gasteiger partial charge < -0.3 is 15.0 Å². The van der Waals surface area contributed by atoms with Crippen molar-refractivity contribution in [1.82, 2.24) is 15.2 Å². The average molecular weight is 325 g/mol. The minimum Gasteiger partial charge on any atom is -0.494 e. The van der Waals surface area contributed by atoms with Crippen LogP contribution in [0.5, 0.6) is 5.75 Å². The van der Waals surface area contributed by atoms with E-state index < -0.39 is 0 Å². The first-order valence-electron chi connectivity index (χ1n) is 8.37. The van der Waals surface area contributed by atoms with Crippen LogP contribution in [0.2, 0.25) is 0 Å². The van der Waals surface area contributed by atoms with Crippen molar-refractivity contribution >= 4 is 5.91 Å². The SMILES string of the molecule is COc1cnccc1-c1ccc(C(=O)NCCN2CCCC2)cc1. The third-order valence-corrected chi connectivity index (χ3v) is 4.37. The molecule has 0 spiro atoms. The molecule has 3 rings (SSSR count). The Morgan fingerprint density at radius 2 is 1.96 bits per heavy atom. The number of hydrogen-bond acceptors (Lipinski definition) is 4. The largest absolute Gasteiger partial charge is 0.494 e. The van der Waals surface area contributed by atoms with Gasteiger partial charge in [0, 0.05) is 30.4 Å². The van der Waals surface area contributed by atoms with Crippen LogP contribution in [0.25, 0.3) is 11.1 Å². The molecule has 2 heterocycles. The highest BCUT2D eigenvalue weighted by molar-refractivity contribution is 5.94. The van der Waals surface area contributed by atoms with Gasteiger partial charge in [-0.1, -0.05) is 12.1 Å². The molecule has 1 N–H and O–H groups in total. The molecule has 0 atom stereocenters. The number of rotatable bonds is 6. The van der Waals surface area contributed by atoms with E-state index in [0.717, 1.165) is 36.5 Å². The van der Waals surface area contributed by atoms with Crippen molar-refractivity contribution in [3.63, 3.8) is 0 Å². The predicted molar refractivity (Wildman–Crippen MR) is 94.2 cm³/mol. The van der Waals surface area contributed by atoms with E-state index in [9.17, 15) is 4.79 Å². The molecule has 1 fully saturated rings. The van der Waals surface area contributed by atoms with Crippen LogP contribution in [0.15, 0.2) is 42.7 Å². The molecule has 1 saturated heterocycles. The minimum absolute atomic E-state index is 0.0255. The van der Waals surface area contributed by atoms with Crippen molar-refractivity contribution in [2.75, 3.05) is 33.3 Å². The number of aromatic nitrogens is 1. The fourth-order valence-electron chi connectivity index (χ4n) is 3.02. The monoisotopic (exact) mass is 325 g/mol. The highest BCUT2D eigenvalue weighted by Crippen LogP contribution is 2.28. The fraction of sp³-hybridized carbons (Fsp3) is 0.368. The zero-order chi connectivity index (χ0) is 16.8. The fourth-order valence-corrected chi connectivity index (χ4v) is 3.02. The summed E-state index contributed by atoms with van der Waals surface area (Å²) in [5.74, 6) is 0.697. The Hall–Kier alpha value is -2.40. The summed E-state index contributed by atoms with van der Waals surface area (Å²) in [7, 11) is 1.63. The second-order valence-electron chi connectivity index (χ2n) is 5.96. The van der Waals surface area contributed by atoms with Gasteiger partial charge in [0.05, 0.1) is 13.3 Å². The van der Waals surface area contributed by atoms with Crippen LogP contribution >= 0.6 is 0 Å². The third-order valence-electron chi connectivity index (χ3n) is 4.37. The summed E-state index contributed by atoms with van der Waals surface area (Å²) >= 11 is 0. The van der Waals surface area contributed by atoms with Gasteiger partial charge in [0.15, 0.2) is 0 Å². The van der Waals surface area contributed by atoms with Crippen LogP contribution in [-0.4, -0.2) is 49.1 Å². The van der Waals surface area contributed by atoms with Crippen LogP contribution in [0.3, 0.4) is 0 Å². The number of benzene rings is 1. The zero-order valence-electron chi connectivity index (χ0n) is 14.0. The van der Waals surface area contributed by atoms with Crippen molar-refractivity contribution in [2.45, 2.75) is 12.8 Å². The Morgan fingerprint density at radius 1 is 1.21 bits per heavy atom. The highest BCUT2D eigenvalue weighted by Gasteiger charge is 2.12. The van der Waals surface area contributed by atoms with Crippen LogP contribution in [0.1, 0.15) is 23.2 Å². The molecular weight excluding hydrogens is 302 g/mol. The number of hydrogen-bond donors (Lipinski definition) is 1. The number of likely N-dealkylation sites (tertiary alicyclic amines) is 1. The summed E-state index contributed by atoms with van der Waals surface area (Å²) in [6, 6.07) is 9.48. The Kier molecular flexibility index (Phi) is 5.43. The van der Waals surface area contributed by atoms with Gasteiger partial charge in [-0.15, -0.1) is 0 Å². The van der Waals surface area contributed by atoms with Crippen LogP contribution in [0.4, 0.5) is 0 Å². The van der Waals surface area contributed by atoms with Gasteiger partial charge in [0.1, 0.15) is 5.75 Å². The minimum atomic E-state index is -0.0255. The first-order valence-corrected chi connectivity index (χ1v) is 8.37. The molecule has 0 saturated carbocycles. The van der Waals surface area contributed by atoms with Crippen molar-refractivity contribution in [3.05, 3.63) is 48.3 Å². The Bertz CT molecular complexity index is 679. The van der Waals surface area contributed by atoms with E-state index in [1.165, 1.54) is 12.8 Å². The highest BCUT2D eigenvalue weighted by atomic mass is 16.5. The molecule has 0 aliphatic carbocycles. The van der Waals surface area contributed by atoms with Crippen molar-refractivity contribution in [1.29, 1.82) is 0 Å². The van der Waals surface area contributed by atoms with Gasteiger partial charge in [-0.3, -0.25) is 9.78 Å². The molecule has 0 radical (unpaired) electrons. The molecule has 5 nitrogen and oxygen atoms in total. The summed E-state index contributed by atoms with van der Waals surface area (Å²) in [6.07, 6.45) is 5.97. The molecule has 1 aliphatic heterocycles. The van der Waals surface area contributed by atoms with Crippen molar-refractivity contribution < 1.29 is 9.53 Å². The average Bonchev–Trinajstić information content (AvgIpc) is 3.15. The predicted octanol–water partition coefficient (Wildman–Crippen LogP) is 2.58. The normalized spacial score (nSPS) is 14.5. The molecule has 0 bridgehead atoms. The molecule has 1 aromatic heterocycles. The second-order valence-corrected chi connectivity index (χ2v) is 5.96. The number of carbonyl (C=O) groups excluding carboxylic acids is 1. The van der Waals surface area contributed by atoms with E-state index in [1.807, 2.05) is 30.3 Å². The van der Waals surface area contributed by atoms with E-state index in [0.29, 0.717) is 12.1 Å². The molecule has 1 aromatic carbocycles. The van der Waals surface area contributed by atoms with Gasteiger partial charge in [0.2, 0.25) is 0 Å². The molecule has 24 heavy (non-hydrogen) atoms. The Balaban J connectivity index is 1.60. The molecule has 5 heteroatoms. The number of methoxy groups -OCH3 is 1. The maximum absolute atomic E-state index is 12.2. The lowest BCUT2D eigenvalue weighted by Gasteiger charge is -2.14. The summed E-state index contributed by atoms with van der Waals surface area (Å²) in [4.78, 5) is 18.7. The van der Waals surface area contributed by atoms with Crippen LogP contribution in [-0.2, 0) is 0 Å². The molecule has 2 aromatic rings. The first-order chi connectivity index (χ1) is 11.8. The quantitative estimate of drug-likeness (QED) is 0.887. The number of pyridine rings is 1. The van der Waals surface area contributed by atoms with Gasteiger partial charge in [-0.25, -0.2) is 0 Å². The lowest BCUT2D eigenvalue weighted by Crippen LogP contribution is -2.33. The number of carbonyl (C=O) groups is 1. The van der Waals surface area contributed by atoms with E-state index in [1.54, 1.807) is 19.5 Å². The van der Waals surface area contributed by atoms with Crippen molar-refractivity contribution in [3.8, 4) is 16.9 Å². The molecule has 126 valence electrons. The molecule has 1 amide bonds. The maximum Gasteiger partial charge on any atom is 0.251 e. The number of nitrogens with one attached hydrogen (secondary N) is 1. The second kappa shape index (κ2) is 7.93. The number of amides is 1. The number of nitrogens with zero attached hydrogens (tertiary/aromatic N) is 2. The van der Waals surface area contributed by atoms with E-state index in [2.05, 4.69) is 15.2 Å². The van der Waals surface area contributed by atoms with Crippen LogP contribution in [0, 0.1) is 0 Å². The Labute approximate surface area is 142 Å². The lowest BCUT2D eigenvalue weighted by atomic mass is 10.0. The standard InChI is InChI=1S/C19H23N3O2/c1-24-18-14-20-9-8-17(18)15-4-6-16(7-5-15)19(23)21-10-13-22-11-2-3-12-22/h4-9,14H,2-3,10-13H2,1H3,(H,21,23). The summed E-state index contributed by atoms with van der Waals surface area (Å²) in [5, 5.41) is 2.99. The van der Waals surface area contributed by atoms with E-state index >= 15 is 0 Å². The van der Waals surface area contributed by atoms with Crippen LogP contribution < -0.4 is 10.1 Å². The molecular formula is C19H23N3O2. The molecule has 1 aliphatic rings. The van der Waals surface area contributed by atoms with Gasteiger partial charge in [-0.05, 0) is 49.7 Å². The topological polar surface area (TPSA) is 54.5 Å². The zero-order valence-corrected chi connectivity index (χ0v) is 14.0. The van der Waals surface area contributed by atoms with Gasteiger partial charge >= 0.3 is 0 Å². The molecule has 0 unspecified atom stereocenters. The maximum atomic E-state index is 12.2. The van der Waals surface area contributed by atoms with Gasteiger partial charge in [0.25, 0.3) is 5.91 Å². The lowest BCUT2D eigenvalue weighted by molar-refractivity contribution is 0.0950. The third kappa shape index (κ3) is 3.92. The van der Waals surface area contributed by atoms with E-state index in [4.69, 9.17) is 4.74 Å². The summed E-state index contributed by atoms with van der Waals surface area (Å²) in [5.41, 5.74) is 2.64. The van der Waals surface area contributed by atoms with E-state index in [-0.39, 0.29) is 5.91 Å². The summed E-state index contributed by atoms with van der Waals surface area (Å²) < 4.78 is 5.33. The first kappa shape index (κ1) is 16.5. The number of ether oxygens (including phenoxy) is 1.